The molecule has 0 amide bonds. The van der Waals surface area contributed by atoms with Crippen molar-refractivity contribution < 1.29 is 19.4 Å². The van der Waals surface area contributed by atoms with Gasteiger partial charge in [-0.05, 0) is 30.3 Å². The highest BCUT2D eigenvalue weighted by Gasteiger charge is 2.16. The Hall–Kier alpha value is -2.20. The van der Waals surface area contributed by atoms with Crippen LogP contribution in [0.25, 0.3) is 11.1 Å². The Kier molecular flexibility index (Phi) is 4.15. The first-order valence-corrected chi connectivity index (χ1v) is 6.20. The van der Waals surface area contributed by atoms with Crippen LogP contribution in [0.3, 0.4) is 0 Å². The largest absolute Gasteiger partial charge is 0.497 e. The second kappa shape index (κ2) is 5.84. The van der Waals surface area contributed by atoms with Crippen LogP contribution in [-0.4, -0.2) is 25.3 Å². The summed E-state index contributed by atoms with van der Waals surface area (Å²) < 4.78 is 10.4. The van der Waals surface area contributed by atoms with Gasteiger partial charge in [0.05, 0.1) is 19.8 Å². The summed E-state index contributed by atoms with van der Waals surface area (Å²) in [5, 5.41) is 9.73. The summed E-state index contributed by atoms with van der Waals surface area (Å²) in [5.74, 6) is 0.133. The SMILES string of the molecule is COc1ccc(-c2cc(Cl)ccc2C(=O)O)c(OC)c1. The average molecular weight is 293 g/mol. The van der Waals surface area contributed by atoms with Gasteiger partial charge in [0.25, 0.3) is 0 Å². The van der Waals surface area contributed by atoms with E-state index in [1.807, 2.05) is 0 Å². The van der Waals surface area contributed by atoms with Crippen molar-refractivity contribution in [3.8, 4) is 22.6 Å². The summed E-state index contributed by atoms with van der Waals surface area (Å²) in [6.45, 7) is 0. The lowest BCUT2D eigenvalue weighted by molar-refractivity contribution is 0.0698. The molecule has 0 radical (unpaired) electrons. The summed E-state index contributed by atoms with van der Waals surface area (Å²) in [6.07, 6.45) is 0. The van der Waals surface area contributed by atoms with Crippen LogP contribution in [0.1, 0.15) is 10.4 Å². The number of carboxylic acid groups (broad SMARTS) is 1. The van der Waals surface area contributed by atoms with Gasteiger partial charge >= 0.3 is 5.97 Å². The van der Waals surface area contributed by atoms with Crippen LogP contribution in [0.2, 0.25) is 5.02 Å². The van der Waals surface area contributed by atoms with Crippen molar-refractivity contribution in [2.24, 2.45) is 0 Å². The van der Waals surface area contributed by atoms with Crippen molar-refractivity contribution in [3.05, 3.63) is 47.0 Å². The molecule has 0 aromatic heterocycles. The van der Waals surface area contributed by atoms with Crippen molar-refractivity contribution in [1.82, 2.24) is 0 Å². The molecule has 2 aromatic rings. The Bertz CT molecular complexity index is 652. The smallest absolute Gasteiger partial charge is 0.336 e. The van der Waals surface area contributed by atoms with E-state index in [2.05, 4.69) is 0 Å². The van der Waals surface area contributed by atoms with Crippen LogP contribution in [0.4, 0.5) is 0 Å². The lowest BCUT2D eigenvalue weighted by Crippen LogP contribution is -2.00. The van der Waals surface area contributed by atoms with Gasteiger partial charge in [-0.2, -0.15) is 0 Å². The van der Waals surface area contributed by atoms with Crippen molar-refractivity contribution >= 4 is 17.6 Å². The number of benzene rings is 2. The second-order valence-electron chi connectivity index (χ2n) is 4.06. The Morgan fingerprint density at radius 2 is 1.80 bits per heavy atom. The highest BCUT2D eigenvalue weighted by molar-refractivity contribution is 6.31. The number of hydrogen-bond donors (Lipinski definition) is 1. The molecule has 0 atom stereocenters. The first kappa shape index (κ1) is 14.2. The zero-order chi connectivity index (χ0) is 14.7. The number of aromatic carboxylic acids is 1. The molecule has 1 N–H and O–H groups in total. The average Bonchev–Trinajstić information content (AvgIpc) is 2.46. The minimum atomic E-state index is -1.02. The number of ether oxygens (including phenoxy) is 2. The van der Waals surface area contributed by atoms with Gasteiger partial charge in [0.15, 0.2) is 0 Å². The highest BCUT2D eigenvalue weighted by Crippen LogP contribution is 2.36. The molecule has 0 unspecified atom stereocenters. The summed E-state index contributed by atoms with van der Waals surface area (Å²) in [6, 6.07) is 9.81. The Morgan fingerprint density at radius 3 is 2.40 bits per heavy atom. The van der Waals surface area contributed by atoms with Gasteiger partial charge in [0, 0.05) is 22.2 Å². The third kappa shape index (κ3) is 2.70. The van der Waals surface area contributed by atoms with E-state index in [0.29, 0.717) is 27.6 Å². The number of carbonyl (C=O) groups is 1. The van der Waals surface area contributed by atoms with Gasteiger partial charge in [-0.1, -0.05) is 11.6 Å². The topological polar surface area (TPSA) is 55.8 Å². The van der Waals surface area contributed by atoms with Crippen LogP contribution in [-0.2, 0) is 0 Å². The standard InChI is InChI=1S/C15H13ClO4/c1-19-10-4-6-11(14(8-10)20-2)13-7-9(16)3-5-12(13)15(17)18/h3-8H,1-2H3,(H,17,18). The van der Waals surface area contributed by atoms with Crippen LogP contribution < -0.4 is 9.47 Å². The maximum absolute atomic E-state index is 11.3. The minimum absolute atomic E-state index is 0.165. The molecular weight excluding hydrogens is 280 g/mol. The van der Waals surface area contributed by atoms with E-state index < -0.39 is 5.97 Å². The normalized spacial score (nSPS) is 10.2. The first-order valence-electron chi connectivity index (χ1n) is 5.82. The van der Waals surface area contributed by atoms with Gasteiger partial charge in [-0.3, -0.25) is 0 Å². The molecule has 0 heterocycles. The van der Waals surface area contributed by atoms with E-state index >= 15 is 0 Å². The number of rotatable bonds is 4. The molecule has 4 nitrogen and oxygen atoms in total. The van der Waals surface area contributed by atoms with Crippen molar-refractivity contribution in [3.63, 3.8) is 0 Å². The van der Waals surface area contributed by atoms with E-state index in [4.69, 9.17) is 21.1 Å². The fourth-order valence-electron chi connectivity index (χ4n) is 1.95. The maximum Gasteiger partial charge on any atom is 0.336 e. The quantitative estimate of drug-likeness (QED) is 0.933. The van der Waals surface area contributed by atoms with E-state index in [9.17, 15) is 9.90 Å². The molecule has 0 saturated carbocycles. The maximum atomic E-state index is 11.3. The zero-order valence-corrected chi connectivity index (χ0v) is 11.8. The number of methoxy groups -OCH3 is 2. The summed E-state index contributed by atoms with van der Waals surface area (Å²) in [7, 11) is 3.07. The van der Waals surface area contributed by atoms with Crippen LogP contribution in [0, 0.1) is 0 Å². The minimum Gasteiger partial charge on any atom is -0.497 e. The molecule has 104 valence electrons. The Balaban J connectivity index is 2.67. The monoisotopic (exact) mass is 292 g/mol. The molecule has 0 bridgehead atoms. The van der Waals surface area contributed by atoms with Gasteiger partial charge in [0.2, 0.25) is 0 Å². The lowest BCUT2D eigenvalue weighted by atomic mass is 9.98. The third-order valence-corrected chi connectivity index (χ3v) is 3.15. The third-order valence-electron chi connectivity index (χ3n) is 2.91. The lowest BCUT2D eigenvalue weighted by Gasteiger charge is -2.13. The van der Waals surface area contributed by atoms with Crippen LogP contribution in [0.5, 0.6) is 11.5 Å². The molecule has 20 heavy (non-hydrogen) atoms. The fourth-order valence-corrected chi connectivity index (χ4v) is 2.12. The predicted molar refractivity (Wildman–Crippen MR) is 77.0 cm³/mol. The molecule has 5 heteroatoms. The Labute approximate surface area is 121 Å². The van der Waals surface area contributed by atoms with Gasteiger partial charge in [-0.15, -0.1) is 0 Å². The van der Waals surface area contributed by atoms with E-state index in [-0.39, 0.29) is 5.56 Å². The summed E-state index contributed by atoms with van der Waals surface area (Å²) in [5.41, 5.74) is 1.32. The highest BCUT2D eigenvalue weighted by atomic mass is 35.5. The first-order chi connectivity index (χ1) is 9.56. The molecular formula is C15H13ClO4. The molecule has 0 aliphatic carbocycles. The number of halogens is 1. The molecule has 0 aliphatic heterocycles. The predicted octanol–water partition coefficient (Wildman–Crippen LogP) is 3.72. The summed E-state index contributed by atoms with van der Waals surface area (Å²) in [4.78, 5) is 11.3. The second-order valence-corrected chi connectivity index (χ2v) is 4.50. The van der Waals surface area contributed by atoms with E-state index in [1.165, 1.54) is 13.2 Å². The van der Waals surface area contributed by atoms with Gasteiger partial charge in [-0.25, -0.2) is 4.79 Å². The summed E-state index contributed by atoms with van der Waals surface area (Å²) >= 11 is 5.97. The van der Waals surface area contributed by atoms with Crippen LogP contribution in [0.15, 0.2) is 36.4 Å². The molecule has 2 rings (SSSR count). The zero-order valence-electron chi connectivity index (χ0n) is 11.0. The molecule has 0 fully saturated rings. The molecule has 2 aromatic carbocycles. The van der Waals surface area contributed by atoms with Crippen molar-refractivity contribution in [2.75, 3.05) is 14.2 Å². The van der Waals surface area contributed by atoms with E-state index in [1.54, 1.807) is 37.4 Å². The Morgan fingerprint density at radius 1 is 1.05 bits per heavy atom. The van der Waals surface area contributed by atoms with Crippen molar-refractivity contribution in [1.29, 1.82) is 0 Å². The number of carboxylic acids is 1. The van der Waals surface area contributed by atoms with Gasteiger partial charge < -0.3 is 14.6 Å². The van der Waals surface area contributed by atoms with Crippen molar-refractivity contribution in [2.45, 2.75) is 0 Å². The fraction of sp³-hybridized carbons (Fsp3) is 0.133. The molecule has 0 saturated heterocycles. The van der Waals surface area contributed by atoms with Crippen LogP contribution >= 0.6 is 11.6 Å². The van der Waals surface area contributed by atoms with E-state index in [0.717, 1.165) is 0 Å². The molecule has 0 aliphatic rings. The van der Waals surface area contributed by atoms with Gasteiger partial charge in [0.1, 0.15) is 11.5 Å². The number of hydrogen-bond acceptors (Lipinski definition) is 3. The molecule has 0 spiro atoms.